The Kier molecular flexibility index (Phi) is 3.95. The molecule has 0 spiro atoms. The molecule has 0 N–H and O–H groups in total. The van der Waals surface area contributed by atoms with Crippen LogP contribution in [0.25, 0.3) is 22.3 Å². The van der Waals surface area contributed by atoms with Gasteiger partial charge >= 0.3 is 6.18 Å². The number of rotatable bonds is 3. The summed E-state index contributed by atoms with van der Waals surface area (Å²) in [6, 6.07) is 7.93. The SMILES string of the molecule is CCn1nc(C)c2c(C(F)(F)F)cc(-c3ccccc3OC)nc21. The van der Waals surface area contributed by atoms with Crippen molar-refractivity contribution in [2.75, 3.05) is 7.11 Å². The zero-order valence-electron chi connectivity index (χ0n) is 13.5. The Morgan fingerprint density at radius 3 is 2.54 bits per heavy atom. The number of aryl methyl sites for hydroxylation is 2. The molecule has 2 aromatic heterocycles. The van der Waals surface area contributed by atoms with Gasteiger partial charge in [0.15, 0.2) is 5.65 Å². The lowest BCUT2D eigenvalue weighted by Gasteiger charge is -2.13. The van der Waals surface area contributed by atoms with Gasteiger partial charge in [-0.1, -0.05) is 12.1 Å². The maximum Gasteiger partial charge on any atom is 0.417 e. The van der Waals surface area contributed by atoms with E-state index in [-0.39, 0.29) is 16.7 Å². The van der Waals surface area contributed by atoms with Gasteiger partial charge < -0.3 is 4.74 Å². The first-order valence-electron chi connectivity index (χ1n) is 7.45. The molecule has 0 amide bonds. The number of hydrogen-bond donors (Lipinski definition) is 0. The van der Waals surface area contributed by atoms with E-state index in [0.29, 0.717) is 23.6 Å². The largest absolute Gasteiger partial charge is 0.496 e. The highest BCUT2D eigenvalue weighted by Gasteiger charge is 2.35. The van der Waals surface area contributed by atoms with Crippen molar-refractivity contribution < 1.29 is 17.9 Å². The lowest BCUT2D eigenvalue weighted by atomic mass is 10.0. The third-order valence-electron chi connectivity index (χ3n) is 3.87. The average Bonchev–Trinajstić information content (AvgIpc) is 2.89. The molecule has 3 aromatic rings. The molecule has 0 saturated heterocycles. The van der Waals surface area contributed by atoms with E-state index >= 15 is 0 Å². The van der Waals surface area contributed by atoms with Crippen LogP contribution in [0.1, 0.15) is 18.2 Å². The van der Waals surface area contributed by atoms with Gasteiger partial charge in [-0.3, -0.25) is 0 Å². The quantitative estimate of drug-likeness (QED) is 0.710. The molecule has 24 heavy (non-hydrogen) atoms. The highest BCUT2D eigenvalue weighted by molar-refractivity contribution is 5.86. The number of nitrogens with zero attached hydrogens (tertiary/aromatic N) is 3. The predicted molar refractivity (Wildman–Crippen MR) is 84.9 cm³/mol. The number of halogens is 3. The van der Waals surface area contributed by atoms with Crippen LogP contribution in [0.4, 0.5) is 13.2 Å². The summed E-state index contributed by atoms with van der Waals surface area (Å²) in [5, 5.41) is 4.23. The van der Waals surface area contributed by atoms with E-state index in [1.54, 1.807) is 31.2 Å². The van der Waals surface area contributed by atoms with E-state index in [4.69, 9.17) is 4.74 Å². The van der Waals surface area contributed by atoms with Crippen LogP contribution in [0.3, 0.4) is 0 Å². The minimum absolute atomic E-state index is 0.0444. The fraction of sp³-hybridized carbons (Fsp3) is 0.294. The summed E-state index contributed by atoms with van der Waals surface area (Å²) in [6.07, 6.45) is -4.50. The molecule has 0 bridgehead atoms. The molecule has 0 atom stereocenters. The van der Waals surface area contributed by atoms with Crippen LogP contribution in [0.2, 0.25) is 0 Å². The van der Waals surface area contributed by atoms with Gasteiger partial charge in [-0.15, -0.1) is 0 Å². The Bertz CT molecular complexity index is 900. The van der Waals surface area contributed by atoms with Gasteiger partial charge in [0.05, 0.1) is 29.4 Å². The molecule has 0 aliphatic carbocycles. The van der Waals surface area contributed by atoms with Gasteiger partial charge in [0.25, 0.3) is 0 Å². The minimum atomic E-state index is -4.50. The molecule has 126 valence electrons. The number of pyridine rings is 1. The monoisotopic (exact) mass is 335 g/mol. The lowest BCUT2D eigenvalue weighted by Crippen LogP contribution is -2.08. The Labute approximate surface area is 136 Å². The van der Waals surface area contributed by atoms with Crippen molar-refractivity contribution in [1.29, 1.82) is 0 Å². The standard InChI is InChI=1S/C17H16F3N3O/c1-4-23-16-15(10(2)22-23)12(17(18,19)20)9-13(21-16)11-7-5-6-8-14(11)24-3/h5-9H,4H2,1-3H3. The van der Waals surface area contributed by atoms with Crippen molar-refractivity contribution >= 4 is 11.0 Å². The van der Waals surface area contributed by atoms with Crippen LogP contribution in [-0.4, -0.2) is 21.9 Å². The Hall–Kier alpha value is -2.57. The molecule has 7 heteroatoms. The van der Waals surface area contributed by atoms with E-state index in [1.165, 1.54) is 11.8 Å². The number of para-hydroxylation sites is 1. The van der Waals surface area contributed by atoms with Crippen LogP contribution in [0.15, 0.2) is 30.3 Å². The normalized spacial score (nSPS) is 11.9. The average molecular weight is 335 g/mol. The van der Waals surface area contributed by atoms with E-state index in [1.807, 2.05) is 6.92 Å². The molecule has 0 saturated carbocycles. The topological polar surface area (TPSA) is 39.9 Å². The van der Waals surface area contributed by atoms with Crippen LogP contribution >= 0.6 is 0 Å². The number of hydrogen-bond acceptors (Lipinski definition) is 3. The minimum Gasteiger partial charge on any atom is -0.496 e. The molecule has 0 aliphatic heterocycles. The molecule has 3 rings (SSSR count). The molecule has 0 fully saturated rings. The second-order valence-corrected chi connectivity index (χ2v) is 5.35. The van der Waals surface area contributed by atoms with Crippen molar-refractivity contribution in [1.82, 2.24) is 14.8 Å². The number of aromatic nitrogens is 3. The molecule has 1 aromatic carbocycles. The number of ether oxygens (including phenoxy) is 1. The fourth-order valence-corrected chi connectivity index (χ4v) is 2.79. The van der Waals surface area contributed by atoms with Gasteiger partial charge in [-0.2, -0.15) is 18.3 Å². The highest BCUT2D eigenvalue weighted by atomic mass is 19.4. The Morgan fingerprint density at radius 1 is 1.21 bits per heavy atom. The van der Waals surface area contributed by atoms with Crippen LogP contribution < -0.4 is 4.74 Å². The summed E-state index contributed by atoms with van der Waals surface area (Å²) in [5.41, 5.74) is 0.533. The maximum absolute atomic E-state index is 13.6. The van der Waals surface area contributed by atoms with Crippen LogP contribution in [0, 0.1) is 6.92 Å². The summed E-state index contributed by atoms with van der Waals surface area (Å²) in [6.45, 7) is 3.81. The number of alkyl halides is 3. The van der Waals surface area contributed by atoms with E-state index < -0.39 is 11.7 Å². The summed E-state index contributed by atoms with van der Waals surface area (Å²) < 4.78 is 47.5. The fourth-order valence-electron chi connectivity index (χ4n) is 2.79. The molecule has 0 unspecified atom stereocenters. The third kappa shape index (κ3) is 2.60. The van der Waals surface area contributed by atoms with Gasteiger partial charge in [0.2, 0.25) is 0 Å². The summed E-state index contributed by atoms with van der Waals surface area (Å²) in [4.78, 5) is 4.44. The second-order valence-electron chi connectivity index (χ2n) is 5.35. The number of benzene rings is 1. The van der Waals surface area contributed by atoms with Crippen molar-refractivity contribution in [2.45, 2.75) is 26.6 Å². The number of fused-ring (bicyclic) bond motifs is 1. The molecular weight excluding hydrogens is 319 g/mol. The van der Waals surface area contributed by atoms with Crippen LogP contribution in [0.5, 0.6) is 5.75 Å². The first-order chi connectivity index (χ1) is 11.4. The second kappa shape index (κ2) is 5.81. The van der Waals surface area contributed by atoms with E-state index in [2.05, 4.69) is 10.1 Å². The summed E-state index contributed by atoms with van der Waals surface area (Å²) >= 11 is 0. The smallest absolute Gasteiger partial charge is 0.417 e. The Balaban J connectivity index is 2.39. The summed E-state index contributed by atoms with van der Waals surface area (Å²) in [5.74, 6) is 0.469. The van der Waals surface area contributed by atoms with Crippen molar-refractivity contribution in [3.05, 3.63) is 41.6 Å². The Morgan fingerprint density at radius 2 is 1.92 bits per heavy atom. The first-order valence-corrected chi connectivity index (χ1v) is 7.45. The third-order valence-corrected chi connectivity index (χ3v) is 3.87. The van der Waals surface area contributed by atoms with E-state index in [9.17, 15) is 13.2 Å². The van der Waals surface area contributed by atoms with Gasteiger partial charge in [0, 0.05) is 12.1 Å². The molecule has 4 nitrogen and oxygen atoms in total. The van der Waals surface area contributed by atoms with Gasteiger partial charge in [-0.05, 0) is 32.0 Å². The van der Waals surface area contributed by atoms with Crippen molar-refractivity contribution in [3.63, 3.8) is 0 Å². The maximum atomic E-state index is 13.6. The van der Waals surface area contributed by atoms with E-state index in [0.717, 1.165) is 6.07 Å². The molecule has 0 aliphatic rings. The predicted octanol–water partition coefficient (Wildman–Crippen LogP) is 4.45. The van der Waals surface area contributed by atoms with Crippen LogP contribution in [-0.2, 0) is 12.7 Å². The molecular formula is C17H16F3N3O. The zero-order chi connectivity index (χ0) is 17.5. The van der Waals surface area contributed by atoms with Crippen molar-refractivity contribution in [2.24, 2.45) is 0 Å². The molecule has 0 radical (unpaired) electrons. The van der Waals surface area contributed by atoms with Gasteiger partial charge in [0.1, 0.15) is 5.75 Å². The zero-order valence-corrected chi connectivity index (χ0v) is 13.5. The highest BCUT2D eigenvalue weighted by Crippen LogP contribution is 2.39. The molecule has 2 heterocycles. The summed E-state index contributed by atoms with van der Waals surface area (Å²) in [7, 11) is 1.47. The lowest BCUT2D eigenvalue weighted by molar-refractivity contribution is -0.136. The number of methoxy groups -OCH3 is 1. The van der Waals surface area contributed by atoms with Gasteiger partial charge in [-0.25, -0.2) is 9.67 Å². The first kappa shape index (κ1) is 16.3. The van der Waals surface area contributed by atoms with Crippen molar-refractivity contribution in [3.8, 4) is 17.0 Å².